The summed E-state index contributed by atoms with van der Waals surface area (Å²) in [6, 6.07) is 0.811. The molecule has 1 heterocycles. The molecule has 4 nitrogen and oxygen atoms in total. The highest BCUT2D eigenvalue weighted by molar-refractivity contribution is 5.76. The lowest BCUT2D eigenvalue weighted by Gasteiger charge is -2.38. The van der Waals surface area contributed by atoms with Crippen LogP contribution in [0, 0.1) is 0 Å². The number of amides is 1. The zero-order valence-electron chi connectivity index (χ0n) is 13.0. The van der Waals surface area contributed by atoms with Crippen LogP contribution in [0.1, 0.15) is 65.2 Å². The van der Waals surface area contributed by atoms with Crippen molar-refractivity contribution in [1.29, 1.82) is 0 Å². The highest BCUT2D eigenvalue weighted by Gasteiger charge is 2.39. The van der Waals surface area contributed by atoms with E-state index in [1.54, 1.807) is 0 Å². The third kappa shape index (κ3) is 4.45. The molecule has 1 spiro atoms. The largest absolute Gasteiger partial charge is 0.375 e. The molecule has 20 heavy (non-hydrogen) atoms. The molecule has 116 valence electrons. The van der Waals surface area contributed by atoms with Crippen molar-refractivity contribution in [2.75, 3.05) is 13.2 Å². The van der Waals surface area contributed by atoms with E-state index in [0.717, 1.165) is 32.4 Å². The monoisotopic (exact) mass is 282 g/mol. The fourth-order valence-electron chi connectivity index (χ4n) is 3.41. The van der Waals surface area contributed by atoms with Crippen LogP contribution in [-0.2, 0) is 9.53 Å². The summed E-state index contributed by atoms with van der Waals surface area (Å²) < 4.78 is 6.03. The van der Waals surface area contributed by atoms with Gasteiger partial charge in [0.15, 0.2) is 0 Å². The number of carbonyl (C=O) groups is 1. The highest BCUT2D eigenvalue weighted by Crippen LogP contribution is 2.39. The summed E-state index contributed by atoms with van der Waals surface area (Å²) in [5.74, 6) is 0.162. The second-order valence-electron chi connectivity index (χ2n) is 6.51. The third-order valence-electron chi connectivity index (χ3n) is 4.81. The van der Waals surface area contributed by atoms with Gasteiger partial charge in [0.05, 0.1) is 5.60 Å². The summed E-state index contributed by atoms with van der Waals surface area (Å²) in [6.45, 7) is 5.79. The van der Waals surface area contributed by atoms with Crippen molar-refractivity contribution in [3.63, 3.8) is 0 Å². The number of ether oxygens (including phenoxy) is 1. The van der Waals surface area contributed by atoms with Gasteiger partial charge in [0.25, 0.3) is 0 Å². The molecule has 2 aliphatic rings. The molecule has 0 aromatic rings. The minimum absolute atomic E-state index is 0.162. The van der Waals surface area contributed by atoms with Gasteiger partial charge in [-0.05, 0) is 39.0 Å². The van der Waals surface area contributed by atoms with Crippen LogP contribution in [0.3, 0.4) is 0 Å². The quantitative estimate of drug-likeness (QED) is 0.786. The Labute approximate surface area is 123 Å². The first-order valence-electron chi connectivity index (χ1n) is 8.30. The maximum atomic E-state index is 11.7. The third-order valence-corrected chi connectivity index (χ3v) is 4.81. The zero-order chi connectivity index (χ0) is 14.4. The lowest BCUT2D eigenvalue weighted by atomic mass is 9.89. The molecule has 1 saturated heterocycles. The van der Waals surface area contributed by atoms with Crippen molar-refractivity contribution in [1.82, 2.24) is 10.6 Å². The van der Waals surface area contributed by atoms with Crippen LogP contribution in [0.4, 0.5) is 0 Å². The molecular weight excluding hydrogens is 252 g/mol. The minimum Gasteiger partial charge on any atom is -0.375 e. The topological polar surface area (TPSA) is 50.4 Å². The van der Waals surface area contributed by atoms with Crippen molar-refractivity contribution in [3.05, 3.63) is 0 Å². The van der Waals surface area contributed by atoms with E-state index in [-0.39, 0.29) is 17.6 Å². The average Bonchev–Trinajstić information content (AvgIpc) is 2.86. The van der Waals surface area contributed by atoms with Crippen LogP contribution in [-0.4, -0.2) is 36.7 Å². The normalized spacial score (nSPS) is 26.6. The second kappa shape index (κ2) is 7.41. The first-order chi connectivity index (χ1) is 9.63. The number of carbonyl (C=O) groups excluding carboxylic acids is 1. The smallest absolute Gasteiger partial charge is 0.221 e. The van der Waals surface area contributed by atoms with E-state index in [9.17, 15) is 4.79 Å². The van der Waals surface area contributed by atoms with Crippen LogP contribution in [0.5, 0.6) is 0 Å². The molecular formula is C16H30N2O2. The van der Waals surface area contributed by atoms with Gasteiger partial charge in [0.1, 0.15) is 0 Å². The van der Waals surface area contributed by atoms with Gasteiger partial charge in [0.2, 0.25) is 5.91 Å². The maximum Gasteiger partial charge on any atom is 0.221 e. The van der Waals surface area contributed by atoms with E-state index in [4.69, 9.17) is 4.74 Å². The number of rotatable bonds is 6. The van der Waals surface area contributed by atoms with Crippen molar-refractivity contribution >= 4 is 5.91 Å². The molecule has 2 fully saturated rings. The number of hydrogen-bond donors (Lipinski definition) is 2. The molecule has 2 unspecified atom stereocenters. The lowest BCUT2D eigenvalue weighted by Crippen LogP contribution is -2.46. The molecule has 0 bridgehead atoms. The van der Waals surface area contributed by atoms with E-state index in [2.05, 4.69) is 17.6 Å². The summed E-state index contributed by atoms with van der Waals surface area (Å²) in [7, 11) is 0. The number of nitrogens with one attached hydrogen (secondary N) is 2. The second-order valence-corrected chi connectivity index (χ2v) is 6.51. The first kappa shape index (κ1) is 15.8. The van der Waals surface area contributed by atoms with Crippen LogP contribution < -0.4 is 10.6 Å². The van der Waals surface area contributed by atoms with Gasteiger partial charge in [-0.15, -0.1) is 0 Å². The standard InChI is InChI=1S/C16H30N2O2/c1-3-13(2)18-15(19)6-10-17-14-7-11-20-16(12-14)8-4-5-9-16/h13-14,17H,3-12H2,1-2H3,(H,18,19). The summed E-state index contributed by atoms with van der Waals surface area (Å²) in [5, 5.41) is 6.57. The Hall–Kier alpha value is -0.610. The first-order valence-corrected chi connectivity index (χ1v) is 8.30. The molecule has 1 aliphatic carbocycles. The summed E-state index contributed by atoms with van der Waals surface area (Å²) in [5.41, 5.74) is 0.162. The Morgan fingerprint density at radius 3 is 2.85 bits per heavy atom. The van der Waals surface area contributed by atoms with Crippen LogP contribution >= 0.6 is 0 Å². The molecule has 0 aromatic carbocycles. The van der Waals surface area contributed by atoms with E-state index < -0.39 is 0 Å². The Balaban J connectivity index is 1.65. The highest BCUT2D eigenvalue weighted by atomic mass is 16.5. The molecule has 2 atom stereocenters. The van der Waals surface area contributed by atoms with Gasteiger partial charge < -0.3 is 15.4 Å². The predicted octanol–water partition coefficient (Wildman–Crippen LogP) is 2.37. The van der Waals surface area contributed by atoms with Gasteiger partial charge in [-0.25, -0.2) is 0 Å². The summed E-state index contributed by atoms with van der Waals surface area (Å²) in [4.78, 5) is 11.7. The van der Waals surface area contributed by atoms with E-state index >= 15 is 0 Å². The van der Waals surface area contributed by atoms with Gasteiger partial charge in [-0.3, -0.25) is 4.79 Å². The molecule has 4 heteroatoms. The molecule has 0 radical (unpaired) electrons. The fourth-order valence-corrected chi connectivity index (χ4v) is 3.41. The Morgan fingerprint density at radius 1 is 1.40 bits per heavy atom. The van der Waals surface area contributed by atoms with Crippen LogP contribution in [0.2, 0.25) is 0 Å². The molecule has 1 saturated carbocycles. The molecule has 0 aromatic heterocycles. The summed E-state index contributed by atoms with van der Waals surface area (Å²) >= 11 is 0. The Morgan fingerprint density at radius 2 is 2.15 bits per heavy atom. The lowest BCUT2D eigenvalue weighted by molar-refractivity contribution is -0.121. The van der Waals surface area contributed by atoms with E-state index in [1.165, 1.54) is 25.7 Å². The van der Waals surface area contributed by atoms with E-state index in [1.807, 2.05) is 6.92 Å². The molecule has 2 rings (SSSR count). The zero-order valence-corrected chi connectivity index (χ0v) is 13.0. The van der Waals surface area contributed by atoms with Crippen molar-refractivity contribution in [2.45, 2.75) is 82.9 Å². The average molecular weight is 282 g/mol. The molecule has 2 N–H and O–H groups in total. The predicted molar refractivity (Wildman–Crippen MR) is 80.7 cm³/mol. The minimum atomic E-state index is 0.162. The van der Waals surface area contributed by atoms with Gasteiger partial charge in [-0.1, -0.05) is 19.8 Å². The van der Waals surface area contributed by atoms with Crippen molar-refractivity contribution in [2.24, 2.45) is 0 Å². The van der Waals surface area contributed by atoms with Gasteiger partial charge >= 0.3 is 0 Å². The van der Waals surface area contributed by atoms with Crippen molar-refractivity contribution < 1.29 is 9.53 Å². The van der Waals surface area contributed by atoms with E-state index in [0.29, 0.717) is 12.5 Å². The maximum absolute atomic E-state index is 11.7. The van der Waals surface area contributed by atoms with Gasteiger partial charge in [-0.2, -0.15) is 0 Å². The fraction of sp³-hybridized carbons (Fsp3) is 0.938. The summed E-state index contributed by atoms with van der Waals surface area (Å²) in [6.07, 6.45) is 8.83. The van der Waals surface area contributed by atoms with Crippen LogP contribution in [0.25, 0.3) is 0 Å². The number of hydrogen-bond acceptors (Lipinski definition) is 3. The molecule has 1 aliphatic heterocycles. The van der Waals surface area contributed by atoms with Crippen LogP contribution in [0.15, 0.2) is 0 Å². The Bertz CT molecular complexity index is 314. The Kier molecular flexibility index (Phi) is 5.85. The van der Waals surface area contributed by atoms with Crippen molar-refractivity contribution in [3.8, 4) is 0 Å². The molecule has 1 amide bonds. The van der Waals surface area contributed by atoms with Gasteiger partial charge in [0, 0.05) is 31.7 Å². The SMILES string of the molecule is CCC(C)NC(=O)CCNC1CCOC2(CCCC2)C1.